The average Bonchev–Trinajstić information content (AvgIpc) is 2.38. The molecule has 0 N–H and O–H groups in total. The molecule has 0 fully saturated rings. The molecular weight excluding hydrogens is 363 g/mol. The van der Waals surface area contributed by atoms with Gasteiger partial charge in [-0.3, -0.25) is 0 Å². The van der Waals surface area contributed by atoms with Gasteiger partial charge in [-0.05, 0) is 29.8 Å². The third kappa shape index (κ3) is 2.75. The van der Waals surface area contributed by atoms with Crippen molar-refractivity contribution in [2.24, 2.45) is 0 Å². The second-order valence-electron chi connectivity index (χ2n) is 3.77. The van der Waals surface area contributed by atoms with Crippen molar-refractivity contribution in [3.63, 3.8) is 0 Å². The highest BCUT2D eigenvalue weighted by atomic mass is 79.9. The highest BCUT2D eigenvalue weighted by molar-refractivity contribution is 9.11. The Hall–Kier alpha value is -0.870. The molecule has 1 nitrogen and oxygen atoms in total. The van der Waals surface area contributed by atoms with Gasteiger partial charge in [0.15, 0.2) is 0 Å². The van der Waals surface area contributed by atoms with E-state index >= 15 is 0 Å². The fraction of sp³-hybridized carbons (Fsp3) is 0.143. The molecule has 4 heteroatoms. The zero-order valence-electron chi connectivity index (χ0n) is 9.66. The monoisotopic (exact) mass is 372 g/mol. The van der Waals surface area contributed by atoms with Crippen molar-refractivity contribution in [3.8, 4) is 5.75 Å². The topological polar surface area (TPSA) is 9.23 Å². The number of ether oxygens (including phenoxy) is 1. The van der Waals surface area contributed by atoms with E-state index < -0.39 is 0 Å². The van der Waals surface area contributed by atoms with Gasteiger partial charge < -0.3 is 4.74 Å². The summed E-state index contributed by atoms with van der Waals surface area (Å²) >= 11 is 6.91. The second-order valence-corrected chi connectivity index (χ2v) is 5.54. The summed E-state index contributed by atoms with van der Waals surface area (Å²) in [6.45, 7) is 0. The zero-order valence-corrected chi connectivity index (χ0v) is 12.8. The summed E-state index contributed by atoms with van der Waals surface area (Å²) in [5.41, 5.74) is 1.57. The van der Waals surface area contributed by atoms with Crippen LogP contribution < -0.4 is 4.74 Å². The van der Waals surface area contributed by atoms with Crippen molar-refractivity contribution in [1.82, 2.24) is 0 Å². The SMILES string of the molecule is COc1ccc(C(Br)c2c(F)cccc2Br)cc1. The zero-order chi connectivity index (χ0) is 13.1. The Morgan fingerprint density at radius 3 is 2.33 bits per heavy atom. The van der Waals surface area contributed by atoms with E-state index in [2.05, 4.69) is 31.9 Å². The molecule has 2 aromatic rings. The molecule has 0 aromatic heterocycles. The highest BCUT2D eigenvalue weighted by Crippen LogP contribution is 2.37. The third-order valence-corrected chi connectivity index (χ3v) is 4.34. The lowest BCUT2D eigenvalue weighted by Gasteiger charge is -2.14. The van der Waals surface area contributed by atoms with Crippen LogP contribution in [0.4, 0.5) is 4.39 Å². The molecule has 0 aliphatic carbocycles. The van der Waals surface area contributed by atoms with E-state index in [-0.39, 0.29) is 10.6 Å². The van der Waals surface area contributed by atoms with Crippen molar-refractivity contribution in [1.29, 1.82) is 0 Å². The van der Waals surface area contributed by atoms with Crippen LogP contribution >= 0.6 is 31.9 Å². The van der Waals surface area contributed by atoms with E-state index in [0.29, 0.717) is 5.56 Å². The minimum atomic E-state index is -0.234. The number of benzene rings is 2. The molecule has 2 aromatic carbocycles. The first-order valence-electron chi connectivity index (χ1n) is 5.35. The molecular formula is C14H11Br2FO. The van der Waals surface area contributed by atoms with Gasteiger partial charge in [0.1, 0.15) is 11.6 Å². The number of rotatable bonds is 3. The van der Waals surface area contributed by atoms with Crippen LogP contribution in [0.2, 0.25) is 0 Å². The normalized spacial score (nSPS) is 12.2. The van der Waals surface area contributed by atoms with Crippen molar-refractivity contribution in [3.05, 3.63) is 63.9 Å². The Morgan fingerprint density at radius 2 is 1.78 bits per heavy atom. The Bertz CT molecular complexity index is 520. The maximum atomic E-state index is 13.8. The maximum Gasteiger partial charge on any atom is 0.129 e. The largest absolute Gasteiger partial charge is 0.497 e. The number of halogens is 3. The third-order valence-electron chi connectivity index (χ3n) is 2.66. The lowest BCUT2D eigenvalue weighted by Crippen LogP contribution is -1.98. The molecule has 18 heavy (non-hydrogen) atoms. The van der Waals surface area contributed by atoms with Crippen LogP contribution in [0.3, 0.4) is 0 Å². The number of alkyl halides is 1. The first kappa shape index (κ1) is 13.6. The van der Waals surface area contributed by atoms with E-state index in [1.54, 1.807) is 13.2 Å². The van der Waals surface area contributed by atoms with Crippen molar-refractivity contribution in [2.75, 3.05) is 7.11 Å². The average molecular weight is 374 g/mol. The van der Waals surface area contributed by atoms with Gasteiger partial charge in [0.05, 0.1) is 11.9 Å². The van der Waals surface area contributed by atoms with Crippen LogP contribution in [0.25, 0.3) is 0 Å². The summed E-state index contributed by atoms with van der Waals surface area (Å²) in [7, 11) is 1.62. The van der Waals surface area contributed by atoms with Crippen LogP contribution in [0.5, 0.6) is 5.75 Å². The smallest absolute Gasteiger partial charge is 0.129 e. The Morgan fingerprint density at radius 1 is 1.11 bits per heavy atom. The molecule has 0 amide bonds. The Labute approximate surface area is 122 Å². The highest BCUT2D eigenvalue weighted by Gasteiger charge is 2.17. The van der Waals surface area contributed by atoms with Gasteiger partial charge in [-0.15, -0.1) is 0 Å². The molecule has 0 bridgehead atoms. The van der Waals surface area contributed by atoms with Crippen molar-refractivity contribution in [2.45, 2.75) is 4.83 Å². The van der Waals surface area contributed by atoms with Crippen LogP contribution in [0.1, 0.15) is 16.0 Å². The lowest BCUT2D eigenvalue weighted by atomic mass is 10.0. The standard InChI is InChI=1S/C14H11Br2FO/c1-18-10-7-5-9(6-8-10)14(16)13-11(15)3-2-4-12(13)17/h2-8,14H,1H3. The maximum absolute atomic E-state index is 13.8. The number of hydrogen-bond acceptors (Lipinski definition) is 1. The van der Waals surface area contributed by atoms with Crippen LogP contribution in [0, 0.1) is 5.82 Å². The molecule has 94 valence electrons. The summed E-state index contributed by atoms with van der Waals surface area (Å²) in [6.07, 6.45) is 0. The summed E-state index contributed by atoms with van der Waals surface area (Å²) in [5.74, 6) is 0.549. The first-order valence-corrected chi connectivity index (χ1v) is 7.06. The van der Waals surface area contributed by atoms with Crippen LogP contribution in [0.15, 0.2) is 46.9 Å². The molecule has 0 spiro atoms. The van der Waals surface area contributed by atoms with Gasteiger partial charge in [0, 0.05) is 10.0 Å². The summed E-state index contributed by atoms with van der Waals surface area (Å²) in [5, 5.41) is 0. The number of hydrogen-bond donors (Lipinski definition) is 0. The van der Waals surface area contributed by atoms with Gasteiger partial charge in [-0.1, -0.05) is 50.1 Å². The molecule has 1 atom stereocenters. The molecule has 2 rings (SSSR count). The van der Waals surface area contributed by atoms with Crippen LogP contribution in [-0.4, -0.2) is 7.11 Å². The van der Waals surface area contributed by atoms with Crippen LogP contribution in [-0.2, 0) is 0 Å². The summed E-state index contributed by atoms with van der Waals surface area (Å²) in [6, 6.07) is 12.5. The van der Waals surface area contributed by atoms with E-state index in [0.717, 1.165) is 15.8 Å². The van der Waals surface area contributed by atoms with E-state index in [4.69, 9.17) is 4.74 Å². The predicted molar refractivity (Wildman–Crippen MR) is 77.9 cm³/mol. The molecule has 0 saturated heterocycles. The Balaban J connectivity index is 2.38. The molecule has 0 saturated carbocycles. The second kappa shape index (κ2) is 5.85. The minimum Gasteiger partial charge on any atom is -0.497 e. The van der Waals surface area contributed by atoms with Crippen molar-refractivity contribution < 1.29 is 9.13 Å². The number of methoxy groups -OCH3 is 1. The van der Waals surface area contributed by atoms with E-state index in [1.807, 2.05) is 30.3 Å². The van der Waals surface area contributed by atoms with E-state index in [9.17, 15) is 4.39 Å². The minimum absolute atomic E-state index is 0.195. The summed E-state index contributed by atoms with van der Waals surface area (Å²) in [4.78, 5) is -0.195. The van der Waals surface area contributed by atoms with Gasteiger partial charge in [0.2, 0.25) is 0 Å². The van der Waals surface area contributed by atoms with Gasteiger partial charge in [-0.25, -0.2) is 4.39 Å². The van der Waals surface area contributed by atoms with Gasteiger partial charge in [0.25, 0.3) is 0 Å². The Kier molecular flexibility index (Phi) is 4.40. The quantitative estimate of drug-likeness (QED) is 0.681. The van der Waals surface area contributed by atoms with E-state index in [1.165, 1.54) is 6.07 Å². The molecule has 0 heterocycles. The lowest BCUT2D eigenvalue weighted by molar-refractivity contribution is 0.414. The predicted octanol–water partition coefficient (Wildman–Crippen LogP) is 5.08. The summed E-state index contributed by atoms with van der Waals surface area (Å²) < 4.78 is 19.7. The van der Waals surface area contributed by atoms with Gasteiger partial charge >= 0.3 is 0 Å². The molecule has 0 aliphatic rings. The molecule has 1 unspecified atom stereocenters. The molecule has 0 radical (unpaired) electrons. The first-order chi connectivity index (χ1) is 8.63. The van der Waals surface area contributed by atoms with Gasteiger partial charge in [-0.2, -0.15) is 0 Å². The van der Waals surface area contributed by atoms with Crippen molar-refractivity contribution >= 4 is 31.9 Å². The fourth-order valence-corrected chi connectivity index (χ4v) is 3.34. The fourth-order valence-electron chi connectivity index (χ4n) is 1.69. The molecule has 0 aliphatic heterocycles.